The Kier molecular flexibility index (Phi) is 5.26. The standard InChI is InChI=1S/C19H20BrN3O2/c1-22(2)12-16(11-21)19(24)15-7-13-9-17(20)18(10-14(13)8-15)23-3-5-25-6-4-23/h8-10,12H,3-7H2,1-2H3. The van der Waals surface area contributed by atoms with Crippen LogP contribution in [-0.4, -0.2) is 51.1 Å². The highest BCUT2D eigenvalue weighted by molar-refractivity contribution is 9.10. The molecule has 1 fully saturated rings. The number of anilines is 1. The Morgan fingerprint density at radius 1 is 1.36 bits per heavy atom. The Balaban J connectivity index is 1.88. The summed E-state index contributed by atoms with van der Waals surface area (Å²) in [4.78, 5) is 16.6. The number of carbonyl (C=O) groups is 1. The van der Waals surface area contributed by atoms with Gasteiger partial charge in [0.25, 0.3) is 0 Å². The summed E-state index contributed by atoms with van der Waals surface area (Å²) in [5.74, 6) is -0.198. The molecule has 1 saturated heterocycles. The van der Waals surface area contributed by atoms with Crippen LogP contribution in [0.3, 0.4) is 0 Å². The van der Waals surface area contributed by atoms with Gasteiger partial charge in [-0.25, -0.2) is 0 Å². The minimum absolute atomic E-state index is 0.163. The van der Waals surface area contributed by atoms with Crippen molar-refractivity contribution in [3.8, 4) is 6.07 Å². The topological polar surface area (TPSA) is 56.6 Å². The van der Waals surface area contributed by atoms with Gasteiger partial charge >= 0.3 is 0 Å². The molecule has 0 amide bonds. The molecule has 0 unspecified atom stereocenters. The maximum Gasteiger partial charge on any atom is 0.201 e. The summed E-state index contributed by atoms with van der Waals surface area (Å²) in [6, 6.07) is 6.21. The first kappa shape index (κ1) is 17.7. The molecule has 0 bridgehead atoms. The highest BCUT2D eigenvalue weighted by Gasteiger charge is 2.24. The maximum absolute atomic E-state index is 12.6. The second-order valence-corrected chi connectivity index (χ2v) is 7.25. The van der Waals surface area contributed by atoms with Crippen molar-refractivity contribution in [3.63, 3.8) is 0 Å². The monoisotopic (exact) mass is 401 g/mol. The number of fused-ring (bicyclic) bond motifs is 1. The highest BCUT2D eigenvalue weighted by atomic mass is 79.9. The fraction of sp³-hybridized carbons (Fsp3) is 0.368. The van der Waals surface area contributed by atoms with Crippen LogP contribution in [0.15, 0.2) is 34.0 Å². The van der Waals surface area contributed by atoms with Crippen LogP contribution in [-0.2, 0) is 16.0 Å². The normalized spacial score (nSPS) is 17.0. The first-order chi connectivity index (χ1) is 12.0. The van der Waals surface area contributed by atoms with Gasteiger partial charge in [-0.1, -0.05) is 0 Å². The summed E-state index contributed by atoms with van der Waals surface area (Å²) in [5, 5.41) is 9.26. The molecule has 1 aliphatic heterocycles. The van der Waals surface area contributed by atoms with Crippen molar-refractivity contribution >= 4 is 33.5 Å². The summed E-state index contributed by atoms with van der Waals surface area (Å²) < 4.78 is 6.45. The Morgan fingerprint density at radius 2 is 2.08 bits per heavy atom. The summed E-state index contributed by atoms with van der Waals surface area (Å²) in [5.41, 5.74) is 4.10. The molecule has 2 aliphatic rings. The van der Waals surface area contributed by atoms with E-state index in [2.05, 4.69) is 33.0 Å². The zero-order valence-electron chi connectivity index (χ0n) is 14.4. The van der Waals surface area contributed by atoms with E-state index in [1.54, 1.807) is 25.2 Å². The first-order valence-corrected chi connectivity index (χ1v) is 8.97. The third-order valence-electron chi connectivity index (χ3n) is 4.32. The number of allylic oxidation sites excluding steroid dienone is 2. The van der Waals surface area contributed by atoms with E-state index in [-0.39, 0.29) is 11.4 Å². The molecule has 0 spiro atoms. The van der Waals surface area contributed by atoms with E-state index in [4.69, 9.17) is 4.74 Å². The first-order valence-electron chi connectivity index (χ1n) is 8.18. The molecule has 6 heteroatoms. The van der Waals surface area contributed by atoms with Gasteiger partial charge in [-0.15, -0.1) is 0 Å². The minimum atomic E-state index is -0.198. The lowest BCUT2D eigenvalue weighted by molar-refractivity contribution is -0.111. The molecule has 0 atom stereocenters. The smallest absolute Gasteiger partial charge is 0.201 e. The van der Waals surface area contributed by atoms with E-state index in [0.717, 1.165) is 47.6 Å². The van der Waals surface area contributed by atoms with Gasteiger partial charge in [0, 0.05) is 49.9 Å². The number of rotatable bonds is 4. The molecule has 1 aromatic carbocycles. The van der Waals surface area contributed by atoms with E-state index in [1.165, 1.54) is 0 Å². The molecular weight excluding hydrogens is 382 g/mol. The third kappa shape index (κ3) is 3.78. The molecule has 0 N–H and O–H groups in total. The van der Waals surface area contributed by atoms with Gasteiger partial charge in [-0.3, -0.25) is 4.79 Å². The predicted molar refractivity (Wildman–Crippen MR) is 101 cm³/mol. The van der Waals surface area contributed by atoms with Gasteiger partial charge in [0.2, 0.25) is 5.78 Å². The number of carbonyl (C=O) groups excluding carboxylic acids is 1. The molecule has 1 aliphatic carbocycles. The van der Waals surface area contributed by atoms with Crippen LogP contribution in [0.5, 0.6) is 0 Å². The lowest BCUT2D eigenvalue weighted by atomic mass is 10.0. The van der Waals surface area contributed by atoms with Crippen molar-refractivity contribution < 1.29 is 9.53 Å². The van der Waals surface area contributed by atoms with Gasteiger partial charge in [0.15, 0.2) is 0 Å². The molecule has 0 saturated carbocycles. The number of halogens is 1. The largest absolute Gasteiger partial charge is 0.382 e. The fourth-order valence-electron chi connectivity index (χ4n) is 3.11. The van der Waals surface area contributed by atoms with Crippen LogP contribution in [0.4, 0.5) is 5.69 Å². The van der Waals surface area contributed by atoms with Crippen molar-refractivity contribution in [3.05, 3.63) is 45.1 Å². The van der Waals surface area contributed by atoms with Gasteiger partial charge in [0.1, 0.15) is 11.6 Å². The number of hydrogen-bond donors (Lipinski definition) is 0. The Labute approximate surface area is 156 Å². The van der Waals surface area contributed by atoms with E-state index in [0.29, 0.717) is 12.0 Å². The lowest BCUT2D eigenvalue weighted by Crippen LogP contribution is -2.36. The van der Waals surface area contributed by atoms with E-state index < -0.39 is 0 Å². The van der Waals surface area contributed by atoms with Gasteiger partial charge in [0.05, 0.1) is 18.9 Å². The van der Waals surface area contributed by atoms with Crippen LogP contribution < -0.4 is 4.90 Å². The summed E-state index contributed by atoms with van der Waals surface area (Å²) in [6.07, 6.45) is 4.04. The van der Waals surface area contributed by atoms with E-state index in [9.17, 15) is 10.1 Å². The van der Waals surface area contributed by atoms with E-state index in [1.807, 2.05) is 12.1 Å². The van der Waals surface area contributed by atoms with Gasteiger partial charge in [-0.05, 0) is 45.3 Å². The molecule has 0 radical (unpaired) electrons. The predicted octanol–water partition coefficient (Wildman–Crippen LogP) is 2.76. The molecule has 5 nitrogen and oxygen atoms in total. The van der Waals surface area contributed by atoms with Crippen LogP contribution in [0.1, 0.15) is 11.1 Å². The average Bonchev–Trinajstić information content (AvgIpc) is 3.01. The summed E-state index contributed by atoms with van der Waals surface area (Å²) in [6.45, 7) is 3.17. The lowest BCUT2D eigenvalue weighted by Gasteiger charge is -2.30. The number of nitrogens with zero attached hydrogens (tertiary/aromatic N) is 3. The zero-order valence-corrected chi connectivity index (χ0v) is 16.0. The van der Waals surface area contributed by atoms with Crippen LogP contribution >= 0.6 is 15.9 Å². The van der Waals surface area contributed by atoms with Gasteiger partial charge in [-0.2, -0.15) is 5.26 Å². The van der Waals surface area contributed by atoms with Crippen molar-refractivity contribution in [2.75, 3.05) is 45.3 Å². The molecule has 25 heavy (non-hydrogen) atoms. The number of ether oxygens (including phenoxy) is 1. The minimum Gasteiger partial charge on any atom is -0.382 e. The number of ketones is 1. The Morgan fingerprint density at radius 3 is 2.72 bits per heavy atom. The molecule has 0 aromatic heterocycles. The molecule has 3 rings (SSSR count). The quantitative estimate of drug-likeness (QED) is 0.573. The second kappa shape index (κ2) is 7.42. The number of morpholine rings is 1. The van der Waals surface area contributed by atoms with Crippen molar-refractivity contribution in [2.24, 2.45) is 0 Å². The summed E-state index contributed by atoms with van der Waals surface area (Å²) in [7, 11) is 3.60. The van der Waals surface area contributed by atoms with Crippen molar-refractivity contribution in [1.82, 2.24) is 4.90 Å². The molecule has 1 aromatic rings. The Hall–Kier alpha value is -2.10. The molecule has 1 heterocycles. The highest BCUT2D eigenvalue weighted by Crippen LogP contribution is 2.36. The molecular formula is C19H20BrN3O2. The van der Waals surface area contributed by atoms with Gasteiger partial charge < -0.3 is 14.5 Å². The number of benzene rings is 1. The number of hydrogen-bond acceptors (Lipinski definition) is 5. The van der Waals surface area contributed by atoms with Crippen LogP contribution in [0, 0.1) is 11.3 Å². The van der Waals surface area contributed by atoms with Crippen LogP contribution in [0.2, 0.25) is 0 Å². The zero-order chi connectivity index (χ0) is 18.0. The fourth-order valence-corrected chi connectivity index (χ4v) is 3.75. The van der Waals surface area contributed by atoms with Crippen molar-refractivity contribution in [1.29, 1.82) is 5.26 Å². The SMILES string of the molecule is CN(C)C=C(C#N)C(=O)C1=Cc2cc(N3CCOCC3)c(Br)cc2C1. The molecule has 130 valence electrons. The summed E-state index contributed by atoms with van der Waals surface area (Å²) >= 11 is 3.66. The number of nitriles is 1. The van der Waals surface area contributed by atoms with Crippen LogP contribution in [0.25, 0.3) is 6.08 Å². The number of Topliss-reactive ketones (excluding diaryl/α,β-unsaturated/α-hetero) is 1. The third-order valence-corrected chi connectivity index (χ3v) is 4.95. The second-order valence-electron chi connectivity index (χ2n) is 6.40. The average molecular weight is 402 g/mol. The van der Waals surface area contributed by atoms with Crippen molar-refractivity contribution in [2.45, 2.75) is 6.42 Å². The maximum atomic E-state index is 12.6. The Bertz CT molecular complexity index is 800. The van der Waals surface area contributed by atoms with E-state index >= 15 is 0 Å².